The van der Waals surface area contributed by atoms with Gasteiger partial charge in [0.15, 0.2) is 18.1 Å². The summed E-state index contributed by atoms with van der Waals surface area (Å²) in [5.41, 5.74) is 0.448. The number of esters is 1. The molecule has 160 valence electrons. The molecule has 2 rings (SSSR count). The molecule has 1 atom stereocenters. The van der Waals surface area contributed by atoms with Crippen LogP contribution in [0, 0.1) is 10.1 Å². The Bertz CT molecular complexity index is 915. The molecule has 0 spiro atoms. The van der Waals surface area contributed by atoms with Gasteiger partial charge >= 0.3 is 5.97 Å². The summed E-state index contributed by atoms with van der Waals surface area (Å²) in [4.78, 5) is 34.5. The molecule has 2 aromatic carbocycles. The number of nitrogens with one attached hydrogen (secondary N) is 1. The zero-order valence-corrected chi connectivity index (χ0v) is 16.7. The highest BCUT2D eigenvalue weighted by molar-refractivity contribution is 5.79. The molecule has 0 saturated heterocycles. The molecule has 1 amide bonds. The van der Waals surface area contributed by atoms with Crippen LogP contribution in [0.15, 0.2) is 42.5 Å². The van der Waals surface area contributed by atoms with Crippen molar-refractivity contribution < 1.29 is 33.5 Å². The number of hydrogen-bond acceptors (Lipinski definition) is 8. The van der Waals surface area contributed by atoms with Crippen LogP contribution in [0.25, 0.3) is 0 Å². The van der Waals surface area contributed by atoms with Crippen molar-refractivity contribution in [2.45, 2.75) is 12.5 Å². The number of carbonyl (C=O) groups excluding carboxylic acids is 2. The van der Waals surface area contributed by atoms with Crippen LogP contribution >= 0.6 is 0 Å². The van der Waals surface area contributed by atoms with Gasteiger partial charge in [0, 0.05) is 6.07 Å². The number of amides is 1. The van der Waals surface area contributed by atoms with Gasteiger partial charge in [0.25, 0.3) is 11.6 Å². The fourth-order valence-electron chi connectivity index (χ4n) is 2.64. The Hall–Kier alpha value is -3.82. The van der Waals surface area contributed by atoms with Crippen molar-refractivity contribution >= 4 is 17.6 Å². The van der Waals surface area contributed by atoms with Gasteiger partial charge in [0.05, 0.1) is 44.8 Å². The maximum Gasteiger partial charge on any atom is 0.307 e. The first kappa shape index (κ1) is 22.5. The summed E-state index contributed by atoms with van der Waals surface area (Å²) in [5.74, 6) is 0.0697. The molecule has 0 radical (unpaired) electrons. The molecule has 0 aliphatic carbocycles. The van der Waals surface area contributed by atoms with E-state index in [-0.39, 0.29) is 17.9 Å². The minimum absolute atomic E-state index is 0.117. The number of nitrogens with zero attached hydrogens (tertiary/aromatic N) is 1. The van der Waals surface area contributed by atoms with Crippen LogP contribution < -0.4 is 19.5 Å². The van der Waals surface area contributed by atoms with Gasteiger partial charge in [-0.3, -0.25) is 19.7 Å². The van der Waals surface area contributed by atoms with Crippen molar-refractivity contribution in [3.63, 3.8) is 0 Å². The van der Waals surface area contributed by atoms with E-state index in [0.29, 0.717) is 17.1 Å². The number of rotatable bonds is 10. The number of nitro groups is 1. The molecule has 0 heterocycles. The normalized spacial score (nSPS) is 11.2. The minimum atomic E-state index is -0.710. The van der Waals surface area contributed by atoms with E-state index in [1.807, 2.05) is 0 Å². The fraction of sp³-hybridized carbons (Fsp3) is 0.300. The average Bonchev–Trinajstić information content (AvgIpc) is 2.76. The van der Waals surface area contributed by atoms with Crippen LogP contribution in [0.5, 0.6) is 17.2 Å². The zero-order valence-electron chi connectivity index (χ0n) is 16.7. The average molecular weight is 418 g/mol. The number of benzene rings is 2. The fourth-order valence-corrected chi connectivity index (χ4v) is 2.64. The molecule has 0 aromatic heterocycles. The third kappa shape index (κ3) is 6.09. The smallest absolute Gasteiger partial charge is 0.307 e. The molecule has 0 bridgehead atoms. The largest absolute Gasteiger partial charge is 0.493 e. The number of carbonyl (C=O) groups is 2. The van der Waals surface area contributed by atoms with Crippen molar-refractivity contribution in [1.29, 1.82) is 0 Å². The molecule has 1 N–H and O–H groups in total. The minimum Gasteiger partial charge on any atom is -0.493 e. The Morgan fingerprint density at radius 2 is 1.80 bits per heavy atom. The Balaban J connectivity index is 2.12. The van der Waals surface area contributed by atoms with Crippen LogP contribution in [0.2, 0.25) is 0 Å². The predicted molar refractivity (Wildman–Crippen MR) is 106 cm³/mol. The number of methoxy groups -OCH3 is 3. The second kappa shape index (κ2) is 10.6. The standard InChI is InChI=1S/C20H22N2O8/c1-27-17-8-7-13(9-18(17)28-2)16(11-20(24)29-3)21-19(23)12-30-15-6-4-5-14(10-15)22(25)26/h4-10,16H,11-12H2,1-3H3,(H,21,23). The topological polar surface area (TPSA) is 126 Å². The SMILES string of the molecule is COC(=O)CC(NC(=O)COc1cccc([N+](=O)[O-])c1)c1ccc(OC)c(OC)c1. The van der Waals surface area contributed by atoms with Crippen molar-refractivity contribution in [3.05, 3.63) is 58.1 Å². The highest BCUT2D eigenvalue weighted by atomic mass is 16.6. The third-order valence-corrected chi connectivity index (χ3v) is 4.14. The summed E-state index contributed by atoms with van der Waals surface area (Å²) in [5, 5.41) is 13.5. The lowest BCUT2D eigenvalue weighted by Gasteiger charge is -2.20. The van der Waals surface area contributed by atoms with Gasteiger partial charge in [-0.15, -0.1) is 0 Å². The van der Waals surface area contributed by atoms with Crippen molar-refractivity contribution in [3.8, 4) is 17.2 Å². The first-order chi connectivity index (χ1) is 14.4. The van der Waals surface area contributed by atoms with E-state index in [2.05, 4.69) is 5.32 Å². The van der Waals surface area contributed by atoms with Gasteiger partial charge in [-0.2, -0.15) is 0 Å². The second-order valence-electron chi connectivity index (χ2n) is 6.06. The van der Waals surface area contributed by atoms with Crippen molar-refractivity contribution in [2.75, 3.05) is 27.9 Å². The monoisotopic (exact) mass is 418 g/mol. The molecule has 30 heavy (non-hydrogen) atoms. The van der Waals surface area contributed by atoms with Crippen LogP contribution in [-0.4, -0.2) is 44.7 Å². The van der Waals surface area contributed by atoms with E-state index in [4.69, 9.17) is 18.9 Å². The number of non-ortho nitro benzene ring substituents is 1. The number of nitro benzene ring substituents is 1. The van der Waals surface area contributed by atoms with Gasteiger partial charge in [0.1, 0.15) is 5.75 Å². The third-order valence-electron chi connectivity index (χ3n) is 4.14. The molecular formula is C20H22N2O8. The van der Waals surface area contributed by atoms with Gasteiger partial charge in [0.2, 0.25) is 0 Å². The summed E-state index contributed by atoms with van der Waals surface area (Å²) < 4.78 is 20.5. The van der Waals surface area contributed by atoms with Crippen LogP contribution in [0.1, 0.15) is 18.0 Å². The summed E-state index contributed by atoms with van der Waals surface area (Å²) in [6.45, 7) is -0.397. The number of hydrogen-bond donors (Lipinski definition) is 1. The maximum absolute atomic E-state index is 12.4. The summed E-state index contributed by atoms with van der Waals surface area (Å²) in [6, 6.07) is 9.77. The van der Waals surface area contributed by atoms with Crippen LogP contribution in [0.4, 0.5) is 5.69 Å². The van der Waals surface area contributed by atoms with Gasteiger partial charge in [-0.25, -0.2) is 0 Å². The first-order valence-electron chi connectivity index (χ1n) is 8.83. The van der Waals surface area contributed by atoms with E-state index in [1.54, 1.807) is 18.2 Å². The molecule has 0 saturated carbocycles. The summed E-state index contributed by atoms with van der Waals surface area (Å²) in [7, 11) is 4.22. The van der Waals surface area contributed by atoms with Crippen molar-refractivity contribution in [2.24, 2.45) is 0 Å². The van der Waals surface area contributed by atoms with E-state index >= 15 is 0 Å². The zero-order chi connectivity index (χ0) is 22.1. The van der Waals surface area contributed by atoms with Crippen LogP contribution in [0.3, 0.4) is 0 Å². The quantitative estimate of drug-likeness (QED) is 0.354. The highest BCUT2D eigenvalue weighted by Gasteiger charge is 2.21. The second-order valence-corrected chi connectivity index (χ2v) is 6.06. The molecule has 1 unspecified atom stereocenters. The molecular weight excluding hydrogens is 396 g/mol. The Labute approximate surface area is 172 Å². The highest BCUT2D eigenvalue weighted by Crippen LogP contribution is 2.31. The summed E-state index contributed by atoms with van der Waals surface area (Å²) >= 11 is 0. The van der Waals surface area contributed by atoms with Gasteiger partial charge in [-0.05, 0) is 23.8 Å². The van der Waals surface area contributed by atoms with Gasteiger partial charge < -0.3 is 24.3 Å². The van der Waals surface area contributed by atoms with Crippen molar-refractivity contribution in [1.82, 2.24) is 5.32 Å². The molecule has 0 aliphatic rings. The molecule has 0 aliphatic heterocycles. The number of ether oxygens (including phenoxy) is 4. The van der Waals surface area contributed by atoms with Crippen LogP contribution in [-0.2, 0) is 14.3 Å². The Morgan fingerprint density at radius 1 is 1.07 bits per heavy atom. The Kier molecular flexibility index (Phi) is 7.98. The maximum atomic E-state index is 12.4. The molecule has 10 nitrogen and oxygen atoms in total. The lowest BCUT2D eigenvalue weighted by atomic mass is 10.0. The molecule has 0 fully saturated rings. The van der Waals surface area contributed by atoms with E-state index < -0.39 is 29.4 Å². The molecule has 2 aromatic rings. The summed E-state index contributed by atoms with van der Waals surface area (Å²) in [6.07, 6.45) is -0.117. The van der Waals surface area contributed by atoms with E-state index in [0.717, 1.165) is 0 Å². The molecule has 10 heteroatoms. The lowest BCUT2D eigenvalue weighted by molar-refractivity contribution is -0.384. The lowest BCUT2D eigenvalue weighted by Crippen LogP contribution is -2.34. The van der Waals surface area contributed by atoms with Gasteiger partial charge in [-0.1, -0.05) is 12.1 Å². The Morgan fingerprint density at radius 3 is 2.43 bits per heavy atom. The predicted octanol–water partition coefficient (Wildman–Crippen LogP) is 2.41. The van der Waals surface area contributed by atoms with E-state index in [9.17, 15) is 19.7 Å². The first-order valence-corrected chi connectivity index (χ1v) is 8.83. The van der Waals surface area contributed by atoms with E-state index in [1.165, 1.54) is 45.6 Å².